The minimum atomic E-state index is 0.131. The molecule has 0 radical (unpaired) electrons. The fourth-order valence-corrected chi connectivity index (χ4v) is 4.10. The van der Waals surface area contributed by atoms with Crippen molar-refractivity contribution in [1.82, 2.24) is 14.5 Å². The van der Waals surface area contributed by atoms with Crippen LogP contribution in [0.25, 0.3) is 29.0 Å². The third kappa shape index (κ3) is 3.85. The summed E-state index contributed by atoms with van der Waals surface area (Å²) in [6, 6.07) is 16.5. The highest BCUT2D eigenvalue weighted by Crippen LogP contribution is 2.35. The number of para-hydroxylation sites is 3. The van der Waals surface area contributed by atoms with Gasteiger partial charge in [-0.2, -0.15) is 0 Å². The highest BCUT2D eigenvalue weighted by atomic mass is 16.5. The van der Waals surface area contributed by atoms with Gasteiger partial charge in [-0.15, -0.1) is 4.91 Å². The van der Waals surface area contributed by atoms with Crippen LogP contribution in [-0.4, -0.2) is 25.7 Å². The normalized spacial score (nSPS) is 14.4. The number of nitroso groups, excluding NO2 is 1. The molecule has 0 atom stereocenters. The highest BCUT2D eigenvalue weighted by Gasteiger charge is 2.19. The Morgan fingerprint density at radius 3 is 2.66 bits per heavy atom. The number of hydrogen-bond acceptors (Lipinski definition) is 6. The Hall–Kier alpha value is -4.00. The van der Waals surface area contributed by atoms with Gasteiger partial charge in [0, 0.05) is 5.56 Å². The molecule has 0 spiro atoms. The molecule has 5 rings (SSSR count). The number of pyridine rings is 1. The molecule has 160 valence electrons. The third-order valence-electron chi connectivity index (χ3n) is 5.68. The summed E-state index contributed by atoms with van der Waals surface area (Å²) in [7, 11) is 0. The Labute approximate surface area is 185 Å². The molecule has 2 aromatic carbocycles. The molecule has 32 heavy (non-hydrogen) atoms. The molecule has 1 aliphatic rings. The summed E-state index contributed by atoms with van der Waals surface area (Å²) in [5, 5.41) is 13.3. The zero-order chi connectivity index (χ0) is 21.9. The van der Waals surface area contributed by atoms with Gasteiger partial charge in [-0.1, -0.05) is 24.3 Å². The van der Waals surface area contributed by atoms with Gasteiger partial charge in [0.1, 0.15) is 17.3 Å². The fourth-order valence-electron chi connectivity index (χ4n) is 4.10. The first kappa shape index (κ1) is 19.9. The number of nitrogens with zero attached hydrogens (tertiary/aromatic N) is 4. The van der Waals surface area contributed by atoms with Gasteiger partial charge in [0.25, 0.3) is 0 Å². The van der Waals surface area contributed by atoms with Crippen molar-refractivity contribution in [1.29, 1.82) is 0 Å². The average Bonchev–Trinajstić information content (AvgIpc) is 3.47. The van der Waals surface area contributed by atoms with E-state index in [4.69, 9.17) is 9.72 Å². The Bertz CT molecular complexity index is 1290. The van der Waals surface area contributed by atoms with Crippen LogP contribution >= 0.6 is 0 Å². The summed E-state index contributed by atoms with van der Waals surface area (Å²) < 4.78 is 8.06. The summed E-state index contributed by atoms with van der Waals surface area (Å²) in [6.07, 6.45) is 9.65. The van der Waals surface area contributed by atoms with E-state index in [1.165, 1.54) is 6.20 Å². The molecule has 0 amide bonds. The zero-order valence-corrected chi connectivity index (χ0v) is 17.4. The minimum absolute atomic E-state index is 0.131. The topological polar surface area (TPSA) is 89.6 Å². The monoisotopic (exact) mass is 426 g/mol. The molecule has 7 nitrogen and oxygen atoms in total. The van der Waals surface area contributed by atoms with Crippen molar-refractivity contribution >= 4 is 28.9 Å². The maximum atomic E-state index is 10.8. The number of phenolic OH excluding ortho intramolecular Hbond substituents is 1. The Morgan fingerprint density at radius 2 is 1.88 bits per heavy atom. The molecule has 0 aliphatic heterocycles. The average molecular weight is 426 g/mol. The Balaban J connectivity index is 1.56. The molecule has 1 saturated carbocycles. The molecule has 1 N–H and O–H groups in total. The summed E-state index contributed by atoms with van der Waals surface area (Å²) in [5.41, 5.74) is 2.77. The molecule has 2 heterocycles. The molecule has 4 aromatic rings. The van der Waals surface area contributed by atoms with Crippen LogP contribution in [-0.2, 0) is 0 Å². The van der Waals surface area contributed by atoms with E-state index in [9.17, 15) is 10.0 Å². The van der Waals surface area contributed by atoms with E-state index >= 15 is 0 Å². The molecular weight excluding hydrogens is 404 g/mol. The second-order valence-corrected chi connectivity index (χ2v) is 7.81. The molecular formula is C25H22N4O3. The predicted octanol–water partition coefficient (Wildman–Crippen LogP) is 6.02. The highest BCUT2D eigenvalue weighted by molar-refractivity contribution is 5.82. The lowest BCUT2D eigenvalue weighted by molar-refractivity contribution is 0.201. The fraction of sp³-hybridized carbons (Fsp3) is 0.200. The van der Waals surface area contributed by atoms with Crippen molar-refractivity contribution in [3.05, 3.63) is 77.1 Å². The van der Waals surface area contributed by atoms with Crippen molar-refractivity contribution in [3.8, 4) is 17.3 Å². The first-order valence-electron chi connectivity index (χ1n) is 10.7. The number of ether oxygens (including phenoxy) is 1. The molecule has 7 heteroatoms. The maximum absolute atomic E-state index is 10.8. The van der Waals surface area contributed by atoms with Crippen molar-refractivity contribution in [2.75, 3.05) is 0 Å². The van der Waals surface area contributed by atoms with E-state index in [0.29, 0.717) is 17.4 Å². The maximum Gasteiger partial charge on any atom is 0.168 e. The van der Waals surface area contributed by atoms with Crippen LogP contribution in [0, 0.1) is 4.91 Å². The predicted molar refractivity (Wildman–Crippen MR) is 124 cm³/mol. The molecule has 0 saturated heterocycles. The minimum Gasteiger partial charge on any atom is -0.504 e. The van der Waals surface area contributed by atoms with E-state index in [0.717, 1.165) is 42.3 Å². The van der Waals surface area contributed by atoms with Crippen molar-refractivity contribution in [2.45, 2.75) is 31.8 Å². The first-order chi connectivity index (χ1) is 15.7. The lowest BCUT2D eigenvalue weighted by Crippen LogP contribution is -2.11. The van der Waals surface area contributed by atoms with Crippen LogP contribution in [0.2, 0.25) is 0 Å². The largest absolute Gasteiger partial charge is 0.504 e. The van der Waals surface area contributed by atoms with Gasteiger partial charge in [0.05, 0.1) is 23.3 Å². The summed E-state index contributed by atoms with van der Waals surface area (Å²) in [6.45, 7) is 0. The van der Waals surface area contributed by atoms with E-state index < -0.39 is 0 Å². The van der Waals surface area contributed by atoms with E-state index in [-0.39, 0.29) is 17.5 Å². The van der Waals surface area contributed by atoms with Crippen LogP contribution in [0.5, 0.6) is 11.5 Å². The van der Waals surface area contributed by atoms with Crippen molar-refractivity contribution in [2.24, 2.45) is 5.18 Å². The van der Waals surface area contributed by atoms with Crippen LogP contribution in [0.15, 0.2) is 66.0 Å². The van der Waals surface area contributed by atoms with Crippen LogP contribution in [0.4, 0.5) is 5.69 Å². The number of aromatic hydroxyl groups is 1. The molecule has 2 aromatic heterocycles. The molecule has 1 fully saturated rings. The number of aromatic nitrogens is 3. The smallest absolute Gasteiger partial charge is 0.168 e. The lowest BCUT2D eigenvalue weighted by Gasteiger charge is -2.16. The van der Waals surface area contributed by atoms with E-state index in [2.05, 4.69) is 10.2 Å². The van der Waals surface area contributed by atoms with Gasteiger partial charge in [-0.25, -0.2) is 9.97 Å². The number of rotatable bonds is 6. The summed E-state index contributed by atoms with van der Waals surface area (Å²) in [5.74, 6) is 1.92. The third-order valence-corrected chi connectivity index (χ3v) is 5.68. The second kappa shape index (κ2) is 8.63. The SMILES string of the molecule is O=Nc1ccc(-n2c(/C=C/c3cccc(O)c3OC3CCCC3)nc3ccccc32)nc1. The van der Waals surface area contributed by atoms with Gasteiger partial charge in [-0.05, 0) is 73.3 Å². The van der Waals surface area contributed by atoms with Crippen molar-refractivity contribution in [3.63, 3.8) is 0 Å². The van der Waals surface area contributed by atoms with Crippen LogP contribution in [0.3, 0.4) is 0 Å². The summed E-state index contributed by atoms with van der Waals surface area (Å²) >= 11 is 0. The van der Waals surface area contributed by atoms with Gasteiger partial charge < -0.3 is 9.84 Å². The first-order valence-corrected chi connectivity index (χ1v) is 10.7. The number of benzene rings is 2. The standard InChI is InChI=1S/C25H22N4O3/c30-22-11-5-6-17(25(22)32-19-7-1-2-8-19)12-14-24-27-20-9-3-4-10-21(20)29(24)23-15-13-18(28-31)16-26-23/h3-6,9-16,19,30H,1-2,7-8H2/b14-12+. The van der Waals surface area contributed by atoms with Gasteiger partial charge >= 0.3 is 0 Å². The summed E-state index contributed by atoms with van der Waals surface area (Å²) in [4.78, 5) is 19.9. The number of fused-ring (bicyclic) bond motifs is 1. The van der Waals surface area contributed by atoms with E-state index in [1.54, 1.807) is 24.3 Å². The Kier molecular flexibility index (Phi) is 5.37. The van der Waals surface area contributed by atoms with E-state index in [1.807, 2.05) is 47.1 Å². The van der Waals surface area contributed by atoms with Gasteiger partial charge in [0.2, 0.25) is 0 Å². The van der Waals surface area contributed by atoms with Crippen LogP contribution < -0.4 is 4.74 Å². The quantitative estimate of drug-likeness (QED) is 0.381. The number of phenols is 1. The van der Waals surface area contributed by atoms with Crippen molar-refractivity contribution < 1.29 is 9.84 Å². The lowest BCUT2D eigenvalue weighted by atomic mass is 10.1. The van der Waals surface area contributed by atoms with Crippen LogP contribution in [0.1, 0.15) is 37.1 Å². The number of hydrogen-bond donors (Lipinski definition) is 1. The zero-order valence-electron chi connectivity index (χ0n) is 17.4. The molecule has 1 aliphatic carbocycles. The Morgan fingerprint density at radius 1 is 1.03 bits per heavy atom. The number of imidazole rings is 1. The van der Waals surface area contributed by atoms with Gasteiger partial charge in [0.15, 0.2) is 11.5 Å². The second-order valence-electron chi connectivity index (χ2n) is 7.81. The van der Waals surface area contributed by atoms with Gasteiger partial charge in [-0.3, -0.25) is 4.57 Å². The molecule has 0 unspecified atom stereocenters. The molecule has 0 bridgehead atoms.